The molecule has 0 bridgehead atoms. The molecular weight excluding hydrogens is 689 g/mol. The minimum atomic E-state index is -0.102. The highest BCUT2D eigenvalue weighted by Crippen LogP contribution is 2.54. The average Bonchev–Trinajstić information content (AvgIpc) is 3.87. The van der Waals surface area contributed by atoms with Crippen molar-refractivity contribution in [1.29, 1.82) is 0 Å². The second kappa shape index (κ2) is 10.1. The van der Waals surface area contributed by atoms with E-state index in [-0.39, 0.29) is 12.1 Å². The molecule has 6 heteroatoms. The number of furan rings is 1. The predicted molar refractivity (Wildman–Crippen MR) is 234 cm³/mol. The molecule has 3 aliphatic rings. The Morgan fingerprint density at radius 3 is 2.13 bits per heavy atom. The fourth-order valence-electron chi connectivity index (χ4n) is 10.2. The summed E-state index contributed by atoms with van der Waals surface area (Å²) >= 11 is 1.87. The maximum atomic E-state index is 7.27. The van der Waals surface area contributed by atoms with Crippen LogP contribution in [0.4, 0.5) is 34.1 Å². The Morgan fingerprint density at radius 1 is 0.582 bits per heavy atom. The third-order valence-corrected chi connectivity index (χ3v) is 13.6. The second-order valence-corrected chi connectivity index (χ2v) is 17.7. The molecule has 4 nitrogen and oxygen atoms in total. The number of rotatable bonds is 1. The van der Waals surface area contributed by atoms with Gasteiger partial charge in [-0.3, -0.25) is 0 Å². The monoisotopic (exact) mass is 723 g/mol. The summed E-state index contributed by atoms with van der Waals surface area (Å²) in [7, 11) is 0. The zero-order valence-electron chi connectivity index (χ0n) is 30.9. The molecule has 55 heavy (non-hydrogen) atoms. The van der Waals surface area contributed by atoms with Gasteiger partial charge in [0.25, 0.3) is 6.71 Å². The van der Waals surface area contributed by atoms with Crippen molar-refractivity contribution < 1.29 is 4.42 Å². The van der Waals surface area contributed by atoms with Crippen LogP contribution >= 0.6 is 11.3 Å². The van der Waals surface area contributed by atoms with E-state index in [0.29, 0.717) is 0 Å². The number of aryl methyl sites for hydroxylation is 1. The molecule has 0 aliphatic carbocycles. The molecule has 0 N–H and O–H groups in total. The van der Waals surface area contributed by atoms with Crippen LogP contribution in [0.15, 0.2) is 138 Å². The van der Waals surface area contributed by atoms with Crippen LogP contribution in [0.1, 0.15) is 31.9 Å². The normalized spacial score (nSPS) is 14.1. The van der Waals surface area contributed by atoms with Crippen molar-refractivity contribution in [2.45, 2.75) is 33.1 Å². The Balaban J connectivity index is 1.21. The Hall–Kier alpha value is -6.24. The summed E-state index contributed by atoms with van der Waals surface area (Å²) in [6.45, 7) is 9.05. The standard InChI is InChI=1S/C49H34BN3OS/c1-27-24-38-44-39(25-27)53-36-18-9-14-30-29-12-5-7-16-34(29)51(45(30)36)37-19-10-15-33(47(37)53)50(44)48-46(32-26-28(49(2,3)4)22-23-40(32)54-48)52(38)35-17-11-21-42-43(35)31-13-6-8-20-41(31)55-42/h5-26H,1-4H3. The fraction of sp³-hybridized carbons (Fsp3) is 0.102. The SMILES string of the molecule is Cc1cc2c3c(c1)N1c4c(cccc4-n4c5ccccc5c5cccc1c54)B3c1oc3ccc(C(C)(C)C)cc3c1N2c1cccc2sc3ccccc3c12. The van der Waals surface area contributed by atoms with Crippen LogP contribution < -0.4 is 26.4 Å². The second-order valence-electron chi connectivity index (χ2n) is 16.6. The van der Waals surface area contributed by atoms with Gasteiger partial charge in [0.2, 0.25) is 0 Å². The molecule has 6 heterocycles. The van der Waals surface area contributed by atoms with Gasteiger partial charge in [-0.15, -0.1) is 11.3 Å². The lowest BCUT2D eigenvalue weighted by molar-refractivity contribution is 0.590. The van der Waals surface area contributed by atoms with Crippen molar-refractivity contribution in [3.05, 3.63) is 145 Å². The minimum absolute atomic E-state index is 0.0226. The van der Waals surface area contributed by atoms with Gasteiger partial charge in [0, 0.05) is 47.7 Å². The number of hydrogen-bond donors (Lipinski definition) is 0. The fourth-order valence-corrected chi connectivity index (χ4v) is 11.3. The molecule has 10 aromatic rings. The van der Waals surface area contributed by atoms with Gasteiger partial charge >= 0.3 is 0 Å². The molecule has 0 saturated heterocycles. The average molecular weight is 724 g/mol. The van der Waals surface area contributed by atoms with Gasteiger partial charge in [-0.05, 0) is 95.1 Å². The first kappa shape index (κ1) is 30.1. The number of hydrogen-bond acceptors (Lipinski definition) is 4. The number of para-hydroxylation sites is 3. The molecule has 7 aromatic carbocycles. The van der Waals surface area contributed by atoms with Crippen molar-refractivity contribution in [1.82, 2.24) is 4.57 Å². The van der Waals surface area contributed by atoms with Gasteiger partial charge in [0.15, 0.2) is 0 Å². The number of anilines is 6. The lowest BCUT2D eigenvalue weighted by Gasteiger charge is -2.45. The molecule has 0 unspecified atom stereocenters. The maximum absolute atomic E-state index is 7.27. The lowest BCUT2D eigenvalue weighted by Crippen LogP contribution is -2.61. The van der Waals surface area contributed by atoms with Gasteiger partial charge in [-0.25, -0.2) is 0 Å². The van der Waals surface area contributed by atoms with E-state index in [1.807, 2.05) is 11.3 Å². The molecule has 0 fully saturated rings. The predicted octanol–water partition coefficient (Wildman–Crippen LogP) is 11.9. The molecule has 0 radical (unpaired) electrons. The van der Waals surface area contributed by atoms with E-state index in [4.69, 9.17) is 4.42 Å². The molecule has 3 aromatic heterocycles. The van der Waals surface area contributed by atoms with Crippen LogP contribution in [0.5, 0.6) is 0 Å². The molecule has 3 aliphatic heterocycles. The first-order valence-electron chi connectivity index (χ1n) is 19.2. The van der Waals surface area contributed by atoms with Crippen molar-refractivity contribution in [2.24, 2.45) is 0 Å². The Bertz CT molecular complexity index is 3360. The topological polar surface area (TPSA) is 24.6 Å². The number of nitrogens with zero attached hydrogens (tertiary/aromatic N) is 3. The molecular formula is C49H34BN3OS. The van der Waals surface area contributed by atoms with Crippen molar-refractivity contribution in [3.8, 4) is 5.69 Å². The number of thiophene rings is 1. The van der Waals surface area contributed by atoms with Gasteiger partial charge in [-0.1, -0.05) is 93.6 Å². The molecule has 13 rings (SSSR count). The van der Waals surface area contributed by atoms with Crippen LogP contribution in [0.2, 0.25) is 0 Å². The quantitative estimate of drug-likeness (QED) is 0.158. The van der Waals surface area contributed by atoms with Crippen LogP contribution in [0.25, 0.3) is 58.6 Å². The van der Waals surface area contributed by atoms with E-state index in [9.17, 15) is 0 Å². The summed E-state index contributed by atoms with van der Waals surface area (Å²) in [5.41, 5.74) is 17.9. The highest BCUT2D eigenvalue weighted by Gasteiger charge is 2.49. The Kier molecular flexibility index (Phi) is 5.53. The van der Waals surface area contributed by atoms with E-state index in [2.05, 4.69) is 176 Å². The van der Waals surface area contributed by atoms with Crippen LogP contribution in [-0.2, 0) is 5.41 Å². The van der Waals surface area contributed by atoms with Gasteiger partial charge in [0.1, 0.15) is 5.58 Å². The summed E-state index contributed by atoms with van der Waals surface area (Å²) in [5, 5.41) is 6.29. The van der Waals surface area contributed by atoms with Gasteiger partial charge < -0.3 is 18.8 Å². The Labute approximate surface area is 322 Å². The van der Waals surface area contributed by atoms with E-state index in [1.165, 1.54) is 98.2 Å². The zero-order valence-corrected chi connectivity index (χ0v) is 31.8. The highest BCUT2D eigenvalue weighted by atomic mass is 32.1. The number of aromatic nitrogens is 1. The lowest BCUT2D eigenvalue weighted by atomic mass is 9.35. The molecule has 0 spiro atoms. The van der Waals surface area contributed by atoms with E-state index in [1.54, 1.807) is 0 Å². The molecule has 260 valence electrons. The van der Waals surface area contributed by atoms with Crippen molar-refractivity contribution in [2.75, 3.05) is 9.80 Å². The van der Waals surface area contributed by atoms with E-state index >= 15 is 0 Å². The number of fused-ring (bicyclic) bond motifs is 14. The first-order valence-corrected chi connectivity index (χ1v) is 20.0. The van der Waals surface area contributed by atoms with Crippen LogP contribution in [-0.4, -0.2) is 11.3 Å². The summed E-state index contributed by atoms with van der Waals surface area (Å²) in [4.78, 5) is 5.13. The highest BCUT2D eigenvalue weighted by molar-refractivity contribution is 7.26. The van der Waals surface area contributed by atoms with Gasteiger partial charge in [-0.2, -0.15) is 0 Å². The van der Waals surface area contributed by atoms with Crippen LogP contribution in [0, 0.1) is 6.92 Å². The summed E-state index contributed by atoms with van der Waals surface area (Å²) in [6, 6.07) is 50.0. The smallest absolute Gasteiger partial charge is 0.297 e. The largest absolute Gasteiger partial charge is 0.468 e. The minimum Gasteiger partial charge on any atom is -0.468 e. The third-order valence-electron chi connectivity index (χ3n) is 12.4. The molecule has 0 saturated carbocycles. The number of benzene rings is 7. The van der Waals surface area contributed by atoms with Crippen molar-refractivity contribution >= 4 is 122 Å². The maximum Gasteiger partial charge on any atom is 0.297 e. The summed E-state index contributed by atoms with van der Waals surface area (Å²) in [5.74, 6) is 0. The van der Waals surface area contributed by atoms with E-state index < -0.39 is 0 Å². The molecule has 0 atom stereocenters. The van der Waals surface area contributed by atoms with E-state index in [0.717, 1.165) is 22.3 Å². The summed E-state index contributed by atoms with van der Waals surface area (Å²) in [6.07, 6.45) is 0. The first-order chi connectivity index (χ1) is 26.8. The molecule has 0 amide bonds. The Morgan fingerprint density at radius 2 is 1.27 bits per heavy atom. The zero-order chi connectivity index (χ0) is 36.5. The van der Waals surface area contributed by atoms with Gasteiger partial charge in [0.05, 0.1) is 45.1 Å². The van der Waals surface area contributed by atoms with Crippen molar-refractivity contribution in [3.63, 3.8) is 0 Å². The summed E-state index contributed by atoms with van der Waals surface area (Å²) < 4.78 is 12.4. The van der Waals surface area contributed by atoms with Crippen LogP contribution in [0.3, 0.4) is 0 Å². The third kappa shape index (κ3) is 3.69.